The molecule has 0 N–H and O–H groups in total. The van der Waals surface area contributed by atoms with Crippen molar-refractivity contribution in [3.05, 3.63) is 23.4 Å². The summed E-state index contributed by atoms with van der Waals surface area (Å²) in [7, 11) is 3.64. The fraction of sp³-hybridized carbons (Fsp3) is 0.444. The molecule has 0 amide bonds. The van der Waals surface area contributed by atoms with E-state index in [1.807, 2.05) is 24.1 Å². The Kier molecular flexibility index (Phi) is 3.99. The first-order valence-corrected chi connectivity index (χ1v) is 4.44. The van der Waals surface area contributed by atoms with Crippen LogP contribution >= 0.6 is 11.6 Å². The highest BCUT2D eigenvalue weighted by Gasteiger charge is 2.01. The average molecular weight is 201 g/mol. The SMILES string of the molecule is COCCN(C)c1cccc(Cl)n1. The van der Waals surface area contributed by atoms with Crippen molar-refractivity contribution in [1.82, 2.24) is 4.98 Å². The maximum absolute atomic E-state index is 5.75. The van der Waals surface area contributed by atoms with Crippen LogP contribution < -0.4 is 4.90 Å². The Hall–Kier alpha value is -0.800. The van der Waals surface area contributed by atoms with Gasteiger partial charge in [-0.05, 0) is 12.1 Å². The van der Waals surface area contributed by atoms with Gasteiger partial charge < -0.3 is 9.64 Å². The molecule has 1 rings (SSSR count). The molecule has 72 valence electrons. The molecule has 1 aromatic heterocycles. The molecule has 0 saturated heterocycles. The average Bonchev–Trinajstić information content (AvgIpc) is 2.14. The molecule has 0 aromatic carbocycles. The van der Waals surface area contributed by atoms with E-state index in [4.69, 9.17) is 16.3 Å². The van der Waals surface area contributed by atoms with Gasteiger partial charge in [0, 0.05) is 20.7 Å². The highest BCUT2D eigenvalue weighted by Crippen LogP contribution is 2.12. The molecule has 0 spiro atoms. The number of nitrogens with zero attached hydrogens (tertiary/aromatic N) is 2. The maximum atomic E-state index is 5.75. The molecule has 0 atom stereocenters. The van der Waals surface area contributed by atoms with Crippen LogP contribution in [0.25, 0.3) is 0 Å². The van der Waals surface area contributed by atoms with Crippen molar-refractivity contribution >= 4 is 17.4 Å². The number of anilines is 1. The molecule has 0 aliphatic heterocycles. The second-order valence-corrected chi connectivity index (χ2v) is 3.12. The summed E-state index contributed by atoms with van der Waals surface area (Å²) < 4.78 is 4.96. The molecular weight excluding hydrogens is 188 g/mol. The Morgan fingerprint density at radius 1 is 1.54 bits per heavy atom. The molecule has 0 bridgehead atoms. The molecule has 1 heterocycles. The maximum Gasteiger partial charge on any atom is 0.131 e. The van der Waals surface area contributed by atoms with Gasteiger partial charge in [-0.15, -0.1) is 0 Å². The highest BCUT2D eigenvalue weighted by molar-refractivity contribution is 6.29. The number of rotatable bonds is 4. The first-order valence-electron chi connectivity index (χ1n) is 4.06. The number of aromatic nitrogens is 1. The van der Waals surface area contributed by atoms with Crippen molar-refractivity contribution in [2.24, 2.45) is 0 Å². The predicted molar refractivity (Wildman–Crippen MR) is 54.4 cm³/mol. The number of ether oxygens (including phenoxy) is 1. The van der Waals surface area contributed by atoms with Crippen LogP contribution in [0.1, 0.15) is 0 Å². The van der Waals surface area contributed by atoms with Crippen molar-refractivity contribution in [2.45, 2.75) is 0 Å². The Bertz CT molecular complexity index is 268. The number of hydrogen-bond donors (Lipinski definition) is 0. The van der Waals surface area contributed by atoms with Crippen LogP contribution in [0.2, 0.25) is 5.15 Å². The third-order valence-electron chi connectivity index (χ3n) is 1.72. The van der Waals surface area contributed by atoms with Crippen molar-refractivity contribution in [3.8, 4) is 0 Å². The van der Waals surface area contributed by atoms with E-state index in [9.17, 15) is 0 Å². The number of hydrogen-bond acceptors (Lipinski definition) is 3. The summed E-state index contributed by atoms with van der Waals surface area (Å²) in [6, 6.07) is 5.56. The van der Waals surface area contributed by atoms with Crippen molar-refractivity contribution in [2.75, 3.05) is 32.2 Å². The summed E-state index contributed by atoms with van der Waals surface area (Å²) in [6.07, 6.45) is 0. The lowest BCUT2D eigenvalue weighted by Gasteiger charge is -2.17. The van der Waals surface area contributed by atoms with E-state index >= 15 is 0 Å². The molecule has 13 heavy (non-hydrogen) atoms. The monoisotopic (exact) mass is 200 g/mol. The molecule has 0 fully saturated rings. The van der Waals surface area contributed by atoms with Gasteiger partial charge in [0.05, 0.1) is 6.61 Å². The Morgan fingerprint density at radius 2 is 2.31 bits per heavy atom. The van der Waals surface area contributed by atoms with E-state index in [0.717, 1.165) is 12.4 Å². The van der Waals surface area contributed by atoms with E-state index in [0.29, 0.717) is 11.8 Å². The van der Waals surface area contributed by atoms with Crippen molar-refractivity contribution in [3.63, 3.8) is 0 Å². The minimum absolute atomic E-state index is 0.516. The Morgan fingerprint density at radius 3 is 2.92 bits per heavy atom. The highest BCUT2D eigenvalue weighted by atomic mass is 35.5. The summed E-state index contributed by atoms with van der Waals surface area (Å²) in [5, 5.41) is 0.516. The largest absolute Gasteiger partial charge is 0.383 e. The van der Waals surface area contributed by atoms with Gasteiger partial charge in [0.15, 0.2) is 0 Å². The van der Waals surface area contributed by atoms with Crippen LogP contribution in [0.4, 0.5) is 5.82 Å². The van der Waals surface area contributed by atoms with Gasteiger partial charge in [0.2, 0.25) is 0 Å². The van der Waals surface area contributed by atoms with E-state index in [-0.39, 0.29) is 0 Å². The lowest BCUT2D eigenvalue weighted by Crippen LogP contribution is -2.22. The van der Waals surface area contributed by atoms with E-state index in [2.05, 4.69) is 4.98 Å². The third-order valence-corrected chi connectivity index (χ3v) is 1.93. The molecule has 0 aliphatic carbocycles. The van der Waals surface area contributed by atoms with Gasteiger partial charge in [-0.2, -0.15) is 0 Å². The smallest absolute Gasteiger partial charge is 0.131 e. The number of pyridine rings is 1. The van der Waals surface area contributed by atoms with Crippen LogP contribution in [0, 0.1) is 0 Å². The normalized spacial score (nSPS) is 10.1. The molecule has 0 aliphatic rings. The van der Waals surface area contributed by atoms with Crippen LogP contribution in [0.3, 0.4) is 0 Å². The fourth-order valence-electron chi connectivity index (χ4n) is 0.953. The second kappa shape index (κ2) is 5.04. The first kappa shape index (κ1) is 10.3. The molecule has 0 unspecified atom stereocenters. The number of halogens is 1. The molecule has 1 aromatic rings. The summed E-state index contributed by atoms with van der Waals surface area (Å²) >= 11 is 5.75. The van der Waals surface area contributed by atoms with Crippen LogP contribution in [0.15, 0.2) is 18.2 Å². The molecule has 4 heteroatoms. The van der Waals surface area contributed by atoms with Crippen LogP contribution in [-0.2, 0) is 4.74 Å². The van der Waals surface area contributed by atoms with E-state index < -0.39 is 0 Å². The molecule has 0 radical (unpaired) electrons. The molecular formula is C9H13ClN2O. The summed E-state index contributed by atoms with van der Waals surface area (Å²) in [4.78, 5) is 6.16. The standard InChI is InChI=1S/C9H13ClN2O/c1-12(6-7-13-2)9-5-3-4-8(10)11-9/h3-5H,6-7H2,1-2H3. The Balaban J connectivity index is 2.60. The Labute approximate surface area is 83.3 Å². The minimum atomic E-state index is 0.516. The predicted octanol–water partition coefficient (Wildman–Crippen LogP) is 1.82. The van der Waals surface area contributed by atoms with Crippen LogP contribution in [0.5, 0.6) is 0 Å². The summed E-state index contributed by atoms with van der Waals surface area (Å²) in [5.74, 6) is 0.865. The lowest BCUT2D eigenvalue weighted by molar-refractivity contribution is 0.206. The van der Waals surface area contributed by atoms with Crippen molar-refractivity contribution < 1.29 is 4.74 Å². The minimum Gasteiger partial charge on any atom is -0.383 e. The van der Waals surface area contributed by atoms with Gasteiger partial charge in [0.25, 0.3) is 0 Å². The van der Waals surface area contributed by atoms with Gasteiger partial charge in [-0.3, -0.25) is 0 Å². The zero-order valence-corrected chi connectivity index (χ0v) is 8.58. The quantitative estimate of drug-likeness (QED) is 0.694. The second-order valence-electron chi connectivity index (χ2n) is 2.73. The summed E-state index contributed by atoms with van der Waals surface area (Å²) in [5.41, 5.74) is 0. The summed E-state index contributed by atoms with van der Waals surface area (Å²) in [6.45, 7) is 1.49. The lowest BCUT2D eigenvalue weighted by atomic mass is 10.4. The molecule has 0 saturated carbocycles. The van der Waals surface area contributed by atoms with Crippen LogP contribution in [-0.4, -0.2) is 32.3 Å². The van der Waals surface area contributed by atoms with Gasteiger partial charge >= 0.3 is 0 Å². The third kappa shape index (κ3) is 3.20. The fourth-order valence-corrected chi connectivity index (χ4v) is 1.11. The topological polar surface area (TPSA) is 25.4 Å². The van der Waals surface area contributed by atoms with E-state index in [1.165, 1.54) is 0 Å². The first-order chi connectivity index (χ1) is 6.24. The van der Waals surface area contributed by atoms with Gasteiger partial charge in [-0.1, -0.05) is 17.7 Å². The number of methoxy groups -OCH3 is 1. The van der Waals surface area contributed by atoms with E-state index in [1.54, 1.807) is 13.2 Å². The number of likely N-dealkylation sites (N-methyl/N-ethyl adjacent to an activating group) is 1. The molecule has 3 nitrogen and oxygen atoms in total. The zero-order chi connectivity index (χ0) is 9.68. The zero-order valence-electron chi connectivity index (χ0n) is 7.83. The van der Waals surface area contributed by atoms with Gasteiger partial charge in [0.1, 0.15) is 11.0 Å². The van der Waals surface area contributed by atoms with Crippen molar-refractivity contribution in [1.29, 1.82) is 0 Å². The van der Waals surface area contributed by atoms with Gasteiger partial charge in [-0.25, -0.2) is 4.98 Å².